The number of hydrogen-bond donors (Lipinski definition) is 0. The molecular formula is C13H10F3N3O2S. The van der Waals surface area contributed by atoms with Gasteiger partial charge in [-0.25, -0.2) is 12.8 Å². The maximum atomic E-state index is 14.0. The van der Waals surface area contributed by atoms with Crippen molar-refractivity contribution >= 4 is 15.5 Å². The molecule has 0 amide bonds. The van der Waals surface area contributed by atoms with Gasteiger partial charge in [-0.05, 0) is 11.6 Å². The number of anilines is 1. The predicted molar refractivity (Wildman–Crippen MR) is 71.5 cm³/mol. The molecule has 1 aliphatic heterocycles. The summed E-state index contributed by atoms with van der Waals surface area (Å²) < 4.78 is 65.0. The Morgan fingerprint density at radius 3 is 2.68 bits per heavy atom. The smallest absolute Gasteiger partial charge is 0.253 e. The average molecular weight is 329 g/mol. The molecule has 0 spiro atoms. The standard InChI is InChI=1S/C13H10F3N3O2S/c14-9-11-10(13(16)18-12(9)15)19(4-5-22(11,20)21)7-8-2-1-3-17-6-8/h1-3,6H,4-5,7H2. The molecule has 0 atom stereocenters. The van der Waals surface area contributed by atoms with Crippen LogP contribution in [-0.2, 0) is 16.4 Å². The number of sulfone groups is 1. The summed E-state index contributed by atoms with van der Waals surface area (Å²) in [6.07, 6.45) is 3.07. The Balaban J connectivity index is 2.14. The van der Waals surface area contributed by atoms with E-state index in [4.69, 9.17) is 0 Å². The average Bonchev–Trinajstić information content (AvgIpc) is 2.47. The van der Waals surface area contributed by atoms with Crippen LogP contribution in [0.25, 0.3) is 0 Å². The van der Waals surface area contributed by atoms with Crippen LogP contribution in [0.4, 0.5) is 18.9 Å². The Labute approximate surface area is 124 Å². The van der Waals surface area contributed by atoms with E-state index < -0.39 is 43.9 Å². The molecule has 0 unspecified atom stereocenters. The van der Waals surface area contributed by atoms with Gasteiger partial charge in [-0.2, -0.15) is 13.8 Å². The zero-order valence-electron chi connectivity index (χ0n) is 11.1. The fourth-order valence-corrected chi connectivity index (χ4v) is 3.88. The lowest BCUT2D eigenvalue weighted by Crippen LogP contribution is -2.37. The lowest BCUT2D eigenvalue weighted by Gasteiger charge is -2.30. The molecule has 1 aliphatic rings. The summed E-state index contributed by atoms with van der Waals surface area (Å²) in [6, 6.07) is 3.37. The number of aromatic nitrogens is 2. The van der Waals surface area contributed by atoms with Gasteiger partial charge in [-0.15, -0.1) is 0 Å². The minimum Gasteiger partial charge on any atom is -0.361 e. The first-order chi connectivity index (χ1) is 10.4. The molecule has 0 aromatic carbocycles. The second kappa shape index (κ2) is 5.24. The summed E-state index contributed by atoms with van der Waals surface area (Å²) in [5.41, 5.74) is 0.144. The monoisotopic (exact) mass is 329 g/mol. The second-order valence-corrected chi connectivity index (χ2v) is 6.83. The van der Waals surface area contributed by atoms with E-state index in [0.717, 1.165) is 0 Å². The Hall–Kier alpha value is -2.16. The van der Waals surface area contributed by atoms with Gasteiger partial charge in [0.15, 0.2) is 15.7 Å². The highest BCUT2D eigenvalue weighted by molar-refractivity contribution is 7.91. The van der Waals surface area contributed by atoms with E-state index in [1.54, 1.807) is 18.3 Å². The van der Waals surface area contributed by atoms with Gasteiger partial charge in [-0.1, -0.05) is 6.07 Å². The van der Waals surface area contributed by atoms with Crippen molar-refractivity contribution in [1.82, 2.24) is 9.97 Å². The first kappa shape index (κ1) is 14.8. The van der Waals surface area contributed by atoms with Crippen molar-refractivity contribution in [2.24, 2.45) is 0 Å². The number of rotatable bonds is 2. The van der Waals surface area contributed by atoms with Gasteiger partial charge in [0.05, 0.1) is 5.75 Å². The SMILES string of the molecule is O=S1(=O)CCN(Cc2cccnc2)c2c(F)nc(F)c(F)c21. The van der Waals surface area contributed by atoms with Gasteiger partial charge in [0, 0.05) is 25.5 Å². The van der Waals surface area contributed by atoms with E-state index in [1.807, 2.05) is 0 Å². The third kappa shape index (κ3) is 2.41. The molecule has 5 nitrogen and oxygen atoms in total. The lowest BCUT2D eigenvalue weighted by atomic mass is 10.2. The predicted octanol–water partition coefficient (Wildman–Crippen LogP) is 1.69. The zero-order chi connectivity index (χ0) is 15.9. The first-order valence-electron chi connectivity index (χ1n) is 6.31. The molecule has 2 aromatic rings. The van der Waals surface area contributed by atoms with Crippen molar-refractivity contribution in [2.75, 3.05) is 17.2 Å². The van der Waals surface area contributed by atoms with Gasteiger partial charge >= 0.3 is 0 Å². The van der Waals surface area contributed by atoms with Crippen molar-refractivity contribution in [1.29, 1.82) is 0 Å². The maximum Gasteiger partial charge on any atom is 0.253 e. The molecule has 0 fully saturated rings. The van der Waals surface area contributed by atoms with Crippen LogP contribution in [0.15, 0.2) is 29.4 Å². The van der Waals surface area contributed by atoms with E-state index in [0.29, 0.717) is 5.56 Å². The number of hydrogen-bond acceptors (Lipinski definition) is 5. The van der Waals surface area contributed by atoms with Crippen molar-refractivity contribution in [3.63, 3.8) is 0 Å². The summed E-state index contributed by atoms with van der Waals surface area (Å²) in [7, 11) is -4.10. The fourth-order valence-electron chi connectivity index (χ4n) is 2.35. The van der Waals surface area contributed by atoms with Crippen LogP contribution in [0.5, 0.6) is 0 Å². The van der Waals surface area contributed by atoms with E-state index in [9.17, 15) is 21.6 Å². The van der Waals surface area contributed by atoms with Crippen LogP contribution in [0.1, 0.15) is 5.56 Å². The zero-order valence-corrected chi connectivity index (χ0v) is 11.9. The maximum absolute atomic E-state index is 14.0. The fraction of sp³-hybridized carbons (Fsp3) is 0.231. The molecule has 0 bridgehead atoms. The number of fused-ring (bicyclic) bond motifs is 1. The Morgan fingerprint density at radius 2 is 2.00 bits per heavy atom. The summed E-state index contributed by atoms with van der Waals surface area (Å²) in [4.78, 5) is 7.07. The Kier molecular flexibility index (Phi) is 3.51. The molecule has 116 valence electrons. The number of nitrogens with zero attached hydrogens (tertiary/aromatic N) is 3. The minimum atomic E-state index is -4.10. The van der Waals surface area contributed by atoms with Crippen molar-refractivity contribution in [3.8, 4) is 0 Å². The first-order valence-corrected chi connectivity index (χ1v) is 7.96. The minimum absolute atomic E-state index is 0.0477. The highest BCUT2D eigenvalue weighted by Crippen LogP contribution is 2.35. The summed E-state index contributed by atoms with van der Waals surface area (Å²) in [6.45, 7) is 0.0634. The van der Waals surface area contributed by atoms with Crippen LogP contribution >= 0.6 is 0 Å². The highest BCUT2D eigenvalue weighted by atomic mass is 32.2. The quantitative estimate of drug-likeness (QED) is 0.785. The van der Waals surface area contributed by atoms with Gasteiger partial charge in [0.25, 0.3) is 5.95 Å². The number of pyridine rings is 2. The van der Waals surface area contributed by atoms with Gasteiger partial charge in [0.1, 0.15) is 10.6 Å². The third-order valence-corrected chi connectivity index (χ3v) is 5.06. The van der Waals surface area contributed by atoms with Crippen molar-refractivity contribution in [2.45, 2.75) is 11.4 Å². The topological polar surface area (TPSA) is 63.2 Å². The van der Waals surface area contributed by atoms with Crippen LogP contribution in [-0.4, -0.2) is 30.7 Å². The van der Waals surface area contributed by atoms with E-state index >= 15 is 0 Å². The molecule has 0 radical (unpaired) electrons. The molecular weight excluding hydrogens is 319 g/mol. The van der Waals surface area contributed by atoms with Gasteiger partial charge in [-0.3, -0.25) is 4.98 Å². The van der Waals surface area contributed by atoms with Crippen LogP contribution in [0, 0.1) is 17.7 Å². The highest BCUT2D eigenvalue weighted by Gasteiger charge is 2.37. The molecule has 2 aromatic heterocycles. The van der Waals surface area contributed by atoms with Gasteiger partial charge < -0.3 is 4.90 Å². The summed E-state index contributed by atoms with van der Waals surface area (Å²) >= 11 is 0. The molecule has 3 rings (SSSR count). The summed E-state index contributed by atoms with van der Waals surface area (Å²) in [5.74, 6) is -5.18. The van der Waals surface area contributed by atoms with Gasteiger partial charge in [0.2, 0.25) is 5.95 Å². The van der Waals surface area contributed by atoms with E-state index in [1.165, 1.54) is 11.1 Å². The molecule has 9 heteroatoms. The normalized spacial score (nSPS) is 16.4. The molecule has 0 aliphatic carbocycles. The van der Waals surface area contributed by atoms with Crippen molar-refractivity contribution in [3.05, 3.63) is 47.8 Å². The van der Waals surface area contributed by atoms with Crippen LogP contribution in [0.2, 0.25) is 0 Å². The molecule has 0 N–H and O–H groups in total. The molecule has 0 saturated carbocycles. The Morgan fingerprint density at radius 1 is 1.23 bits per heavy atom. The van der Waals surface area contributed by atoms with E-state index in [2.05, 4.69) is 9.97 Å². The third-order valence-electron chi connectivity index (χ3n) is 3.34. The second-order valence-electron chi connectivity index (χ2n) is 4.79. The van der Waals surface area contributed by atoms with E-state index in [-0.39, 0.29) is 13.1 Å². The number of halogens is 3. The Bertz CT molecular complexity index is 828. The molecule has 22 heavy (non-hydrogen) atoms. The van der Waals surface area contributed by atoms with Crippen LogP contribution in [0.3, 0.4) is 0 Å². The lowest BCUT2D eigenvalue weighted by molar-refractivity contribution is 0.425. The van der Waals surface area contributed by atoms with Crippen molar-refractivity contribution < 1.29 is 21.6 Å². The molecule has 3 heterocycles. The largest absolute Gasteiger partial charge is 0.361 e. The van der Waals surface area contributed by atoms with Crippen LogP contribution < -0.4 is 4.90 Å². The molecule has 0 saturated heterocycles. The summed E-state index contributed by atoms with van der Waals surface area (Å²) in [5, 5.41) is 0.